The molecule has 0 spiro atoms. The van der Waals surface area contributed by atoms with E-state index >= 15 is 0 Å². The highest BCUT2D eigenvalue weighted by Crippen LogP contribution is 2.23. The summed E-state index contributed by atoms with van der Waals surface area (Å²) in [5.41, 5.74) is 1.00. The topological polar surface area (TPSA) is 54.2 Å². The van der Waals surface area contributed by atoms with Gasteiger partial charge in [0, 0.05) is 26.2 Å². The molecule has 1 aliphatic heterocycles. The monoisotopic (exact) mass is 326 g/mol. The van der Waals surface area contributed by atoms with E-state index in [4.69, 9.17) is 27.7 Å². The van der Waals surface area contributed by atoms with Gasteiger partial charge in [-0.2, -0.15) is 4.98 Å². The van der Waals surface area contributed by atoms with E-state index in [0.717, 1.165) is 44.1 Å². The van der Waals surface area contributed by atoms with Crippen LogP contribution >= 0.6 is 23.2 Å². The smallest absolute Gasteiger partial charge is 0.231 e. The van der Waals surface area contributed by atoms with E-state index in [-0.39, 0.29) is 0 Å². The van der Waals surface area contributed by atoms with Crippen molar-refractivity contribution in [3.8, 4) is 0 Å². The molecule has 1 saturated heterocycles. The Bertz CT molecular complexity index is 611. The summed E-state index contributed by atoms with van der Waals surface area (Å²) in [6.07, 6.45) is 0.561. The molecule has 1 aromatic heterocycles. The van der Waals surface area contributed by atoms with Gasteiger partial charge in [0.2, 0.25) is 5.89 Å². The summed E-state index contributed by atoms with van der Waals surface area (Å²) in [4.78, 5) is 6.75. The Morgan fingerprint density at radius 1 is 1.19 bits per heavy atom. The number of rotatable bonds is 4. The average molecular weight is 327 g/mol. The van der Waals surface area contributed by atoms with Gasteiger partial charge in [-0.05, 0) is 17.7 Å². The van der Waals surface area contributed by atoms with Crippen molar-refractivity contribution in [2.45, 2.75) is 13.0 Å². The molecule has 0 atom stereocenters. The van der Waals surface area contributed by atoms with Gasteiger partial charge in [0.1, 0.15) is 0 Å². The van der Waals surface area contributed by atoms with Crippen LogP contribution in [0.5, 0.6) is 0 Å². The molecule has 1 N–H and O–H groups in total. The minimum absolute atomic E-state index is 0.537. The standard InChI is InChI=1S/C14H16Cl2N4O/c15-11-2-1-10(7-12(11)16)8-14-18-13(19-21-14)9-20-5-3-17-4-6-20/h1-2,7,17H,3-6,8-9H2. The zero-order valence-electron chi connectivity index (χ0n) is 11.5. The maximum atomic E-state index is 6.00. The lowest BCUT2D eigenvalue weighted by Gasteiger charge is -2.25. The first kappa shape index (κ1) is 14.8. The van der Waals surface area contributed by atoms with Crippen molar-refractivity contribution in [1.82, 2.24) is 20.4 Å². The highest BCUT2D eigenvalue weighted by atomic mass is 35.5. The number of nitrogens with zero attached hydrogens (tertiary/aromatic N) is 3. The van der Waals surface area contributed by atoms with E-state index in [9.17, 15) is 0 Å². The minimum atomic E-state index is 0.537. The number of piperazine rings is 1. The maximum Gasteiger partial charge on any atom is 0.231 e. The summed E-state index contributed by atoms with van der Waals surface area (Å²) in [6, 6.07) is 5.51. The SMILES string of the molecule is Clc1ccc(Cc2nc(CN3CCNCC3)no2)cc1Cl. The molecule has 112 valence electrons. The zero-order chi connectivity index (χ0) is 14.7. The van der Waals surface area contributed by atoms with Crippen LogP contribution in [0.4, 0.5) is 0 Å². The van der Waals surface area contributed by atoms with Gasteiger partial charge >= 0.3 is 0 Å². The van der Waals surface area contributed by atoms with Crippen molar-refractivity contribution in [3.63, 3.8) is 0 Å². The molecule has 0 radical (unpaired) electrons. The Labute approximate surface area is 133 Å². The van der Waals surface area contributed by atoms with Crippen LogP contribution in [0.1, 0.15) is 17.3 Å². The molecule has 2 aromatic rings. The molecular weight excluding hydrogens is 311 g/mol. The van der Waals surface area contributed by atoms with Gasteiger partial charge in [0.05, 0.1) is 23.0 Å². The quantitative estimate of drug-likeness (QED) is 0.934. The van der Waals surface area contributed by atoms with E-state index in [1.807, 2.05) is 12.1 Å². The summed E-state index contributed by atoms with van der Waals surface area (Å²) >= 11 is 11.9. The van der Waals surface area contributed by atoms with Crippen molar-refractivity contribution in [2.24, 2.45) is 0 Å². The number of hydrogen-bond acceptors (Lipinski definition) is 5. The zero-order valence-corrected chi connectivity index (χ0v) is 13.0. The first-order chi connectivity index (χ1) is 10.2. The maximum absolute atomic E-state index is 6.00. The second-order valence-electron chi connectivity index (χ2n) is 5.06. The fourth-order valence-electron chi connectivity index (χ4n) is 2.32. The van der Waals surface area contributed by atoms with Crippen LogP contribution in [-0.2, 0) is 13.0 Å². The first-order valence-corrected chi connectivity index (χ1v) is 7.65. The number of benzene rings is 1. The van der Waals surface area contributed by atoms with Crippen molar-refractivity contribution in [1.29, 1.82) is 0 Å². The normalized spacial score (nSPS) is 16.3. The van der Waals surface area contributed by atoms with Crippen LogP contribution in [0.25, 0.3) is 0 Å². The predicted octanol–water partition coefficient (Wildman–Crippen LogP) is 2.37. The van der Waals surface area contributed by atoms with Gasteiger partial charge in [-0.1, -0.05) is 34.4 Å². The second-order valence-corrected chi connectivity index (χ2v) is 5.87. The van der Waals surface area contributed by atoms with Gasteiger partial charge < -0.3 is 9.84 Å². The third kappa shape index (κ3) is 3.95. The Kier molecular flexibility index (Phi) is 4.75. The van der Waals surface area contributed by atoms with Crippen LogP contribution in [0.2, 0.25) is 10.0 Å². The number of aromatic nitrogens is 2. The molecule has 0 aliphatic carbocycles. The van der Waals surface area contributed by atoms with E-state index in [2.05, 4.69) is 20.4 Å². The molecule has 0 unspecified atom stereocenters. The number of halogens is 2. The van der Waals surface area contributed by atoms with E-state index < -0.39 is 0 Å². The van der Waals surface area contributed by atoms with Crippen molar-refractivity contribution in [2.75, 3.05) is 26.2 Å². The van der Waals surface area contributed by atoms with Gasteiger partial charge in [0.25, 0.3) is 0 Å². The van der Waals surface area contributed by atoms with E-state index in [1.54, 1.807) is 6.07 Å². The Morgan fingerprint density at radius 2 is 2.00 bits per heavy atom. The summed E-state index contributed by atoms with van der Waals surface area (Å²) in [5.74, 6) is 1.32. The first-order valence-electron chi connectivity index (χ1n) is 6.89. The van der Waals surface area contributed by atoms with E-state index in [0.29, 0.717) is 22.4 Å². The largest absolute Gasteiger partial charge is 0.339 e. The van der Waals surface area contributed by atoms with Gasteiger partial charge in [-0.25, -0.2) is 0 Å². The molecule has 3 rings (SSSR count). The average Bonchev–Trinajstić information content (AvgIpc) is 2.91. The van der Waals surface area contributed by atoms with Gasteiger partial charge in [0.15, 0.2) is 5.82 Å². The highest BCUT2D eigenvalue weighted by Gasteiger charge is 2.14. The van der Waals surface area contributed by atoms with Gasteiger partial charge in [-0.15, -0.1) is 0 Å². The molecule has 0 bridgehead atoms. The lowest BCUT2D eigenvalue weighted by Crippen LogP contribution is -2.43. The summed E-state index contributed by atoms with van der Waals surface area (Å²) in [6.45, 7) is 4.77. The molecular formula is C14H16Cl2N4O. The third-order valence-corrected chi connectivity index (χ3v) is 4.16. The lowest BCUT2D eigenvalue weighted by atomic mass is 10.1. The molecule has 1 aliphatic rings. The lowest BCUT2D eigenvalue weighted by molar-refractivity contribution is 0.224. The summed E-state index contributed by atoms with van der Waals surface area (Å²) in [7, 11) is 0. The van der Waals surface area contributed by atoms with Gasteiger partial charge in [-0.3, -0.25) is 4.90 Å². The molecule has 21 heavy (non-hydrogen) atoms. The molecule has 1 aromatic carbocycles. The van der Waals surface area contributed by atoms with Crippen molar-refractivity contribution in [3.05, 3.63) is 45.5 Å². The summed E-state index contributed by atoms with van der Waals surface area (Å²) < 4.78 is 5.30. The fourth-order valence-corrected chi connectivity index (χ4v) is 2.64. The van der Waals surface area contributed by atoms with Crippen molar-refractivity contribution >= 4 is 23.2 Å². The highest BCUT2D eigenvalue weighted by molar-refractivity contribution is 6.42. The summed E-state index contributed by atoms with van der Waals surface area (Å²) in [5, 5.41) is 8.44. The molecule has 1 fully saturated rings. The van der Waals surface area contributed by atoms with Crippen LogP contribution in [0.15, 0.2) is 22.7 Å². The van der Waals surface area contributed by atoms with Crippen LogP contribution in [0, 0.1) is 0 Å². The fraction of sp³-hybridized carbons (Fsp3) is 0.429. The third-order valence-electron chi connectivity index (χ3n) is 3.42. The molecule has 0 saturated carbocycles. The Hall–Kier alpha value is -1.14. The number of nitrogens with one attached hydrogen (secondary N) is 1. The predicted molar refractivity (Wildman–Crippen MR) is 81.7 cm³/mol. The molecule has 7 heteroatoms. The second kappa shape index (κ2) is 6.75. The Balaban J connectivity index is 1.62. The van der Waals surface area contributed by atoms with Crippen LogP contribution < -0.4 is 5.32 Å². The Morgan fingerprint density at radius 3 is 2.76 bits per heavy atom. The van der Waals surface area contributed by atoms with Crippen LogP contribution in [-0.4, -0.2) is 41.2 Å². The minimum Gasteiger partial charge on any atom is -0.339 e. The molecule has 2 heterocycles. The van der Waals surface area contributed by atoms with Crippen LogP contribution in [0.3, 0.4) is 0 Å². The molecule has 0 amide bonds. The molecule has 5 nitrogen and oxygen atoms in total. The van der Waals surface area contributed by atoms with Crippen molar-refractivity contribution < 1.29 is 4.52 Å². The number of hydrogen-bond donors (Lipinski definition) is 1. The van der Waals surface area contributed by atoms with E-state index in [1.165, 1.54) is 0 Å².